The molecule has 2 N–H and O–H groups in total. The molecule has 0 bridgehead atoms. The minimum absolute atomic E-state index is 0.305. The summed E-state index contributed by atoms with van der Waals surface area (Å²) in [6.07, 6.45) is 0.794. The van der Waals surface area contributed by atoms with E-state index in [-0.39, 0.29) is 0 Å². The first-order chi connectivity index (χ1) is 9.08. The van der Waals surface area contributed by atoms with Gasteiger partial charge in [0.15, 0.2) is 0 Å². The summed E-state index contributed by atoms with van der Waals surface area (Å²) in [4.78, 5) is 4.31. The van der Waals surface area contributed by atoms with Gasteiger partial charge in [0.25, 0.3) is 0 Å². The Bertz CT molecular complexity index is 671. The average Bonchev–Trinajstić information content (AvgIpc) is 2.40. The van der Waals surface area contributed by atoms with Gasteiger partial charge in [-0.3, -0.25) is 0 Å². The molecule has 19 heavy (non-hydrogen) atoms. The highest BCUT2D eigenvalue weighted by Crippen LogP contribution is 2.33. The summed E-state index contributed by atoms with van der Waals surface area (Å²) in [5.41, 5.74) is 10.2. The molecule has 0 spiro atoms. The van der Waals surface area contributed by atoms with Crippen molar-refractivity contribution in [3.8, 4) is 17.2 Å². The summed E-state index contributed by atoms with van der Waals surface area (Å²) in [6, 6.07) is 10.0. The average molecular weight is 316 g/mol. The lowest BCUT2D eigenvalue weighted by Gasteiger charge is -2.14. The highest BCUT2D eigenvalue weighted by Gasteiger charge is 2.16. The van der Waals surface area contributed by atoms with Crippen LogP contribution in [0.4, 0.5) is 5.82 Å². The molecule has 1 aromatic carbocycles. The first kappa shape index (κ1) is 13.6. The number of benzene rings is 1. The van der Waals surface area contributed by atoms with E-state index in [1.807, 2.05) is 38.1 Å². The molecule has 0 saturated heterocycles. The lowest BCUT2D eigenvalue weighted by atomic mass is 9.94. The molecule has 0 saturated carbocycles. The van der Waals surface area contributed by atoms with Gasteiger partial charge in [0.2, 0.25) is 0 Å². The summed E-state index contributed by atoms with van der Waals surface area (Å²) < 4.78 is 0.974. The fraction of sp³-hybridized carbons (Fsp3) is 0.200. The number of hydrogen-bond acceptors (Lipinski definition) is 3. The van der Waals surface area contributed by atoms with Crippen molar-refractivity contribution < 1.29 is 0 Å². The molecular formula is C15H14BrN3. The van der Waals surface area contributed by atoms with Crippen LogP contribution < -0.4 is 5.73 Å². The van der Waals surface area contributed by atoms with Crippen LogP contribution in [0.5, 0.6) is 0 Å². The number of halogens is 1. The molecular weight excluding hydrogens is 302 g/mol. The lowest BCUT2D eigenvalue weighted by Crippen LogP contribution is -2.04. The second-order valence-corrected chi connectivity index (χ2v) is 5.21. The zero-order chi connectivity index (χ0) is 14.0. The predicted octanol–water partition coefficient (Wildman–Crippen LogP) is 3.84. The smallest absolute Gasteiger partial charge is 0.142 e. The first-order valence-corrected chi connectivity index (χ1v) is 6.82. The van der Waals surface area contributed by atoms with Crippen molar-refractivity contribution in [1.29, 1.82) is 5.26 Å². The maximum absolute atomic E-state index is 9.34. The van der Waals surface area contributed by atoms with E-state index in [0.29, 0.717) is 11.4 Å². The van der Waals surface area contributed by atoms with Crippen molar-refractivity contribution in [2.45, 2.75) is 20.3 Å². The van der Waals surface area contributed by atoms with Crippen LogP contribution in [-0.2, 0) is 6.42 Å². The fourth-order valence-corrected chi connectivity index (χ4v) is 2.61. The van der Waals surface area contributed by atoms with Crippen molar-refractivity contribution in [2.24, 2.45) is 0 Å². The number of nitriles is 1. The standard InChI is InChI=1S/C15H14BrN3/c1-3-13-9(2)14(12(8-17)15(18)19-13)10-5-4-6-11(16)7-10/h4-7H,3H2,1-2H3,(H2,18,19). The normalized spacial score (nSPS) is 10.2. The minimum Gasteiger partial charge on any atom is -0.383 e. The Balaban J connectivity index is 2.81. The number of anilines is 1. The van der Waals surface area contributed by atoms with Crippen LogP contribution in [0.15, 0.2) is 28.7 Å². The SMILES string of the molecule is CCc1nc(N)c(C#N)c(-c2cccc(Br)c2)c1C. The molecule has 1 aromatic heterocycles. The van der Waals surface area contributed by atoms with Crippen LogP contribution >= 0.6 is 15.9 Å². The van der Waals surface area contributed by atoms with Gasteiger partial charge in [-0.1, -0.05) is 35.0 Å². The van der Waals surface area contributed by atoms with Crippen molar-refractivity contribution in [3.63, 3.8) is 0 Å². The van der Waals surface area contributed by atoms with Crippen LogP contribution in [0.1, 0.15) is 23.7 Å². The summed E-state index contributed by atoms with van der Waals surface area (Å²) in [7, 11) is 0. The molecule has 2 aromatic rings. The minimum atomic E-state index is 0.305. The van der Waals surface area contributed by atoms with Gasteiger partial charge in [-0.25, -0.2) is 4.98 Å². The first-order valence-electron chi connectivity index (χ1n) is 6.03. The highest BCUT2D eigenvalue weighted by molar-refractivity contribution is 9.10. The second kappa shape index (κ2) is 5.41. The zero-order valence-corrected chi connectivity index (χ0v) is 12.5. The summed E-state index contributed by atoms with van der Waals surface area (Å²) >= 11 is 3.45. The van der Waals surface area contributed by atoms with Gasteiger partial charge in [0.1, 0.15) is 17.5 Å². The van der Waals surface area contributed by atoms with Crippen molar-refractivity contribution in [2.75, 3.05) is 5.73 Å². The third kappa shape index (κ3) is 2.47. The Morgan fingerprint density at radius 1 is 1.42 bits per heavy atom. The molecule has 0 aliphatic rings. The maximum atomic E-state index is 9.34. The van der Waals surface area contributed by atoms with Crippen molar-refractivity contribution in [3.05, 3.63) is 45.6 Å². The quantitative estimate of drug-likeness (QED) is 0.915. The number of hydrogen-bond donors (Lipinski definition) is 1. The Kier molecular flexibility index (Phi) is 3.87. The molecule has 0 aliphatic carbocycles. The van der Waals surface area contributed by atoms with Crippen molar-refractivity contribution >= 4 is 21.7 Å². The number of nitrogen functional groups attached to an aromatic ring is 1. The number of pyridine rings is 1. The monoisotopic (exact) mass is 315 g/mol. The molecule has 0 fully saturated rings. The molecule has 4 heteroatoms. The number of nitrogens with zero attached hydrogens (tertiary/aromatic N) is 2. The summed E-state index contributed by atoms with van der Waals surface area (Å²) in [6.45, 7) is 4.02. The van der Waals surface area contributed by atoms with E-state index in [0.717, 1.165) is 33.3 Å². The number of nitrogens with two attached hydrogens (primary N) is 1. The Hall–Kier alpha value is -1.86. The van der Waals surface area contributed by atoms with Gasteiger partial charge in [-0.15, -0.1) is 0 Å². The van der Waals surface area contributed by atoms with E-state index < -0.39 is 0 Å². The van der Waals surface area contributed by atoms with Crippen LogP contribution in [0.25, 0.3) is 11.1 Å². The number of aromatic nitrogens is 1. The third-order valence-electron chi connectivity index (χ3n) is 3.13. The Labute approximate surface area is 121 Å². The summed E-state index contributed by atoms with van der Waals surface area (Å²) in [5, 5.41) is 9.34. The maximum Gasteiger partial charge on any atom is 0.142 e. The van der Waals surface area contributed by atoms with E-state index >= 15 is 0 Å². The highest BCUT2D eigenvalue weighted by atomic mass is 79.9. The zero-order valence-electron chi connectivity index (χ0n) is 10.9. The van der Waals surface area contributed by atoms with Gasteiger partial charge in [-0.2, -0.15) is 5.26 Å². The molecule has 0 aliphatic heterocycles. The lowest BCUT2D eigenvalue weighted by molar-refractivity contribution is 1.01. The molecule has 2 rings (SSSR count). The van der Waals surface area contributed by atoms with Gasteiger partial charge < -0.3 is 5.73 Å². The van der Waals surface area contributed by atoms with E-state index in [2.05, 4.69) is 27.0 Å². The van der Waals surface area contributed by atoms with Gasteiger partial charge in [0.05, 0.1) is 0 Å². The molecule has 0 unspecified atom stereocenters. The Morgan fingerprint density at radius 2 is 2.16 bits per heavy atom. The van der Waals surface area contributed by atoms with E-state index in [1.165, 1.54) is 0 Å². The topological polar surface area (TPSA) is 62.7 Å². The van der Waals surface area contributed by atoms with E-state index in [9.17, 15) is 5.26 Å². The van der Waals surface area contributed by atoms with Crippen molar-refractivity contribution in [1.82, 2.24) is 4.98 Å². The molecule has 0 atom stereocenters. The molecule has 0 radical (unpaired) electrons. The summed E-state index contributed by atoms with van der Waals surface area (Å²) in [5.74, 6) is 0.305. The fourth-order valence-electron chi connectivity index (χ4n) is 2.21. The second-order valence-electron chi connectivity index (χ2n) is 4.29. The third-order valence-corrected chi connectivity index (χ3v) is 3.62. The molecule has 1 heterocycles. The molecule has 3 nitrogen and oxygen atoms in total. The van der Waals surface area contributed by atoms with Gasteiger partial charge in [0, 0.05) is 15.7 Å². The molecule has 96 valence electrons. The van der Waals surface area contributed by atoms with E-state index in [4.69, 9.17) is 5.73 Å². The van der Waals surface area contributed by atoms with E-state index in [1.54, 1.807) is 0 Å². The van der Waals surface area contributed by atoms with Crippen LogP contribution in [0, 0.1) is 18.3 Å². The van der Waals surface area contributed by atoms with Gasteiger partial charge in [-0.05, 0) is 36.6 Å². The predicted molar refractivity (Wildman–Crippen MR) is 80.6 cm³/mol. The van der Waals surface area contributed by atoms with Crippen LogP contribution in [0.2, 0.25) is 0 Å². The number of rotatable bonds is 2. The number of aryl methyl sites for hydroxylation is 1. The van der Waals surface area contributed by atoms with Gasteiger partial charge >= 0.3 is 0 Å². The molecule has 0 amide bonds. The Morgan fingerprint density at radius 3 is 2.74 bits per heavy atom. The van der Waals surface area contributed by atoms with Crippen LogP contribution in [-0.4, -0.2) is 4.98 Å². The van der Waals surface area contributed by atoms with Crippen LogP contribution in [0.3, 0.4) is 0 Å². The largest absolute Gasteiger partial charge is 0.383 e.